The zero-order valence-corrected chi connectivity index (χ0v) is 15.5. The van der Waals surface area contributed by atoms with Gasteiger partial charge < -0.3 is 5.11 Å². The van der Waals surface area contributed by atoms with Gasteiger partial charge in [0.25, 0.3) is 0 Å². The lowest BCUT2D eigenvalue weighted by Gasteiger charge is -2.65. The first-order chi connectivity index (χ1) is 11.2. The molecule has 0 aromatic carbocycles. The van der Waals surface area contributed by atoms with Crippen molar-refractivity contribution < 1.29 is 9.90 Å². The highest BCUT2D eigenvalue weighted by atomic mass is 16.3. The molecule has 0 aromatic heterocycles. The Bertz CT molecular complexity index is 618. The molecule has 0 spiro atoms. The minimum atomic E-state index is -0.909. The van der Waals surface area contributed by atoms with E-state index in [2.05, 4.69) is 26.7 Å². The van der Waals surface area contributed by atoms with Gasteiger partial charge in [0, 0.05) is 11.8 Å². The van der Waals surface area contributed by atoms with Gasteiger partial charge in [0.2, 0.25) is 0 Å². The van der Waals surface area contributed by atoms with E-state index in [9.17, 15) is 9.90 Å². The predicted octanol–water partition coefficient (Wildman–Crippen LogP) is 4.35. The fourth-order valence-corrected chi connectivity index (χ4v) is 7.57. The molecule has 0 amide bonds. The molecule has 0 unspecified atom stereocenters. The molecule has 4 aliphatic rings. The number of aliphatic hydroxyl groups is 1. The summed E-state index contributed by atoms with van der Waals surface area (Å²) in [6.07, 6.45) is 14.7. The Hall–Kier alpha value is -0.810. The van der Waals surface area contributed by atoms with Crippen molar-refractivity contribution >= 4 is 5.78 Å². The molecular weight excluding hydrogens is 296 g/mol. The first kappa shape index (κ1) is 16.6. The van der Waals surface area contributed by atoms with Crippen molar-refractivity contribution in [1.29, 1.82) is 0 Å². The van der Waals surface area contributed by atoms with Crippen molar-refractivity contribution in [1.82, 2.24) is 0 Å². The molecule has 0 bridgehead atoms. The number of carbonyl (C=O) groups excluding carboxylic acids is 1. The molecule has 0 radical (unpaired) electrons. The second-order valence-corrected chi connectivity index (χ2v) is 10.2. The average molecular weight is 328 g/mol. The highest BCUT2D eigenvalue weighted by molar-refractivity contribution is 5.87. The van der Waals surface area contributed by atoms with Crippen LogP contribution in [0.4, 0.5) is 0 Å². The van der Waals surface area contributed by atoms with Gasteiger partial charge in [-0.15, -0.1) is 6.42 Å². The van der Waals surface area contributed by atoms with Gasteiger partial charge in [0.05, 0.1) is 0 Å². The predicted molar refractivity (Wildman–Crippen MR) is 95.1 cm³/mol. The number of fused-ring (bicyclic) bond motifs is 5. The number of hydrogen-bond donors (Lipinski definition) is 1. The molecule has 1 N–H and O–H groups in total. The molecule has 4 saturated carbocycles. The molecule has 7 atom stereocenters. The summed E-state index contributed by atoms with van der Waals surface area (Å²) >= 11 is 0. The van der Waals surface area contributed by atoms with E-state index in [0.29, 0.717) is 23.5 Å². The van der Waals surface area contributed by atoms with E-state index >= 15 is 0 Å². The monoisotopic (exact) mass is 328 g/mol. The lowest BCUT2D eigenvalue weighted by molar-refractivity contribution is -0.179. The molecule has 2 nitrogen and oxygen atoms in total. The van der Waals surface area contributed by atoms with Gasteiger partial charge in [-0.05, 0) is 80.0 Å². The quantitative estimate of drug-likeness (QED) is 0.671. The Balaban J connectivity index is 1.68. The number of ketones is 1. The van der Waals surface area contributed by atoms with Gasteiger partial charge in [0.15, 0.2) is 0 Å². The average Bonchev–Trinajstić information content (AvgIpc) is 2.84. The third-order valence-electron chi connectivity index (χ3n) is 9.38. The summed E-state index contributed by atoms with van der Waals surface area (Å²) in [5, 5.41) is 10.7. The summed E-state index contributed by atoms with van der Waals surface area (Å²) in [5.74, 6) is 5.20. The van der Waals surface area contributed by atoms with Crippen LogP contribution in [0.1, 0.15) is 78.6 Å². The van der Waals surface area contributed by atoms with Crippen LogP contribution < -0.4 is 0 Å². The van der Waals surface area contributed by atoms with E-state index in [-0.39, 0.29) is 16.2 Å². The molecule has 4 aliphatic carbocycles. The summed E-state index contributed by atoms with van der Waals surface area (Å²) in [4.78, 5) is 12.5. The Morgan fingerprint density at radius 3 is 2.50 bits per heavy atom. The van der Waals surface area contributed by atoms with E-state index in [1.165, 1.54) is 12.8 Å². The van der Waals surface area contributed by atoms with Gasteiger partial charge in [-0.2, -0.15) is 0 Å². The molecule has 24 heavy (non-hydrogen) atoms. The largest absolute Gasteiger partial charge is 0.378 e. The maximum Gasteiger partial charge on any atom is 0.139 e. The Labute approximate surface area is 146 Å². The SMILES string of the molecule is C#C[C@]1(O)CC[C@]2(C)[C@@H]3CC[C@]4(C)C(=O)CC[C@H]4[C@H]3CC[C@@]2(C)C1. The van der Waals surface area contributed by atoms with Gasteiger partial charge in [-0.25, -0.2) is 0 Å². The maximum atomic E-state index is 12.5. The van der Waals surface area contributed by atoms with E-state index in [1.807, 2.05) is 0 Å². The first-order valence-corrected chi connectivity index (χ1v) is 9.91. The zero-order valence-electron chi connectivity index (χ0n) is 15.5. The molecule has 0 aromatic rings. The fourth-order valence-electron chi connectivity index (χ4n) is 7.57. The summed E-state index contributed by atoms with van der Waals surface area (Å²) in [7, 11) is 0. The highest BCUT2D eigenvalue weighted by Gasteiger charge is 2.64. The van der Waals surface area contributed by atoms with E-state index in [4.69, 9.17) is 6.42 Å². The first-order valence-electron chi connectivity index (χ1n) is 9.91. The van der Waals surface area contributed by atoms with Crippen molar-refractivity contribution in [2.75, 3.05) is 0 Å². The molecule has 0 aliphatic heterocycles. The van der Waals surface area contributed by atoms with Crippen molar-refractivity contribution in [3.63, 3.8) is 0 Å². The topological polar surface area (TPSA) is 37.3 Å². The van der Waals surface area contributed by atoms with Crippen LogP contribution in [0, 0.1) is 46.3 Å². The van der Waals surface area contributed by atoms with Crippen molar-refractivity contribution in [3.05, 3.63) is 0 Å². The zero-order chi connectivity index (χ0) is 17.4. The lowest BCUT2D eigenvalue weighted by Crippen LogP contribution is -2.60. The van der Waals surface area contributed by atoms with Crippen LogP contribution in [0.25, 0.3) is 0 Å². The Morgan fingerprint density at radius 2 is 1.79 bits per heavy atom. The Morgan fingerprint density at radius 1 is 1.04 bits per heavy atom. The van der Waals surface area contributed by atoms with Crippen LogP contribution in [0.15, 0.2) is 0 Å². The second kappa shape index (κ2) is 4.88. The molecule has 0 saturated heterocycles. The maximum absolute atomic E-state index is 12.5. The summed E-state index contributed by atoms with van der Waals surface area (Å²) in [5.41, 5.74) is -0.567. The third kappa shape index (κ3) is 1.91. The Kier molecular flexibility index (Phi) is 3.38. The van der Waals surface area contributed by atoms with Crippen molar-refractivity contribution in [2.24, 2.45) is 34.0 Å². The minimum absolute atomic E-state index is 0.0422. The standard InChI is InChI=1S/C22H32O2/c1-5-22(24)13-12-21(4)17-9-11-20(3)16(6-7-18(20)23)15(17)8-10-19(21,2)14-22/h1,15-17,24H,6-14H2,2-4H3/t15-,16+,17-,19+,20+,21-,22+/m1/s1. The number of carbonyl (C=O) groups is 1. The molecule has 0 heterocycles. The second-order valence-electron chi connectivity index (χ2n) is 10.2. The minimum Gasteiger partial charge on any atom is -0.378 e. The summed E-state index contributed by atoms with van der Waals surface area (Å²) in [6.45, 7) is 7.09. The van der Waals surface area contributed by atoms with Crippen LogP contribution in [0.2, 0.25) is 0 Å². The van der Waals surface area contributed by atoms with Gasteiger partial charge >= 0.3 is 0 Å². The summed E-state index contributed by atoms with van der Waals surface area (Å²) in [6, 6.07) is 0. The van der Waals surface area contributed by atoms with Gasteiger partial charge in [0.1, 0.15) is 11.4 Å². The van der Waals surface area contributed by atoms with Crippen LogP contribution >= 0.6 is 0 Å². The van der Waals surface area contributed by atoms with Crippen molar-refractivity contribution in [2.45, 2.75) is 84.2 Å². The lowest BCUT2D eigenvalue weighted by atomic mass is 9.39. The normalized spacial score (nSPS) is 56.8. The van der Waals surface area contributed by atoms with Crippen LogP contribution in [-0.2, 0) is 4.79 Å². The van der Waals surface area contributed by atoms with Crippen molar-refractivity contribution in [3.8, 4) is 12.3 Å². The van der Waals surface area contributed by atoms with E-state index in [1.54, 1.807) is 0 Å². The molecule has 4 rings (SSSR count). The van der Waals surface area contributed by atoms with Crippen LogP contribution in [0.3, 0.4) is 0 Å². The molecule has 2 heteroatoms. The molecule has 4 fully saturated rings. The number of Topliss-reactive ketones (excluding diaryl/α,β-unsaturated/α-hetero) is 1. The van der Waals surface area contributed by atoms with Crippen LogP contribution in [-0.4, -0.2) is 16.5 Å². The number of terminal acetylenes is 1. The van der Waals surface area contributed by atoms with E-state index < -0.39 is 5.60 Å². The number of hydrogen-bond acceptors (Lipinski definition) is 2. The van der Waals surface area contributed by atoms with Gasteiger partial charge in [-0.1, -0.05) is 26.7 Å². The van der Waals surface area contributed by atoms with Gasteiger partial charge in [-0.3, -0.25) is 4.79 Å². The fraction of sp³-hybridized carbons (Fsp3) is 0.864. The van der Waals surface area contributed by atoms with E-state index in [0.717, 1.165) is 44.9 Å². The number of rotatable bonds is 0. The molecule has 132 valence electrons. The van der Waals surface area contributed by atoms with Crippen LogP contribution in [0.5, 0.6) is 0 Å². The summed E-state index contributed by atoms with van der Waals surface area (Å²) < 4.78 is 0. The highest BCUT2D eigenvalue weighted by Crippen LogP contribution is 2.70. The smallest absolute Gasteiger partial charge is 0.139 e. The molecular formula is C22H32O2. The third-order valence-corrected chi connectivity index (χ3v) is 9.38.